The predicted octanol–water partition coefficient (Wildman–Crippen LogP) is 3.20. The summed E-state index contributed by atoms with van der Waals surface area (Å²) in [5.74, 6) is 1.05. The van der Waals surface area contributed by atoms with Gasteiger partial charge >= 0.3 is 6.09 Å². The first-order chi connectivity index (χ1) is 10.2. The van der Waals surface area contributed by atoms with E-state index in [0.29, 0.717) is 31.5 Å². The van der Waals surface area contributed by atoms with Gasteiger partial charge in [-0.15, -0.1) is 24.0 Å². The molecule has 1 amide bonds. The van der Waals surface area contributed by atoms with E-state index in [1.807, 2.05) is 27.7 Å². The number of amides is 1. The molecule has 7 heteroatoms. The molecule has 6 nitrogen and oxygen atoms in total. The Morgan fingerprint density at radius 1 is 1.30 bits per heavy atom. The van der Waals surface area contributed by atoms with Crippen molar-refractivity contribution < 1.29 is 9.53 Å². The number of hydrogen-bond donors (Lipinski definition) is 2. The van der Waals surface area contributed by atoms with Gasteiger partial charge in [0.05, 0.1) is 0 Å². The van der Waals surface area contributed by atoms with Gasteiger partial charge in [-0.25, -0.2) is 4.79 Å². The lowest BCUT2D eigenvalue weighted by Crippen LogP contribution is -2.43. The Kier molecular flexibility index (Phi) is 13.5. The summed E-state index contributed by atoms with van der Waals surface area (Å²) in [7, 11) is 0. The van der Waals surface area contributed by atoms with Gasteiger partial charge in [0.15, 0.2) is 5.96 Å². The second kappa shape index (κ2) is 12.7. The molecule has 0 saturated carbocycles. The van der Waals surface area contributed by atoms with E-state index in [1.54, 1.807) is 4.90 Å². The van der Waals surface area contributed by atoms with Crippen LogP contribution in [0, 0.1) is 5.92 Å². The zero-order valence-electron chi connectivity index (χ0n) is 15.5. The molecule has 0 heterocycles. The number of ether oxygens (including phenoxy) is 1. The molecule has 0 rings (SSSR count). The van der Waals surface area contributed by atoms with Crippen LogP contribution in [0.3, 0.4) is 0 Å². The summed E-state index contributed by atoms with van der Waals surface area (Å²) in [5, 5.41) is 3.04. The van der Waals surface area contributed by atoms with E-state index < -0.39 is 5.60 Å². The summed E-state index contributed by atoms with van der Waals surface area (Å²) < 4.78 is 5.40. The first-order valence-corrected chi connectivity index (χ1v) is 8.17. The van der Waals surface area contributed by atoms with Gasteiger partial charge in [0.1, 0.15) is 5.60 Å². The largest absolute Gasteiger partial charge is 0.444 e. The van der Waals surface area contributed by atoms with Crippen LogP contribution in [0.25, 0.3) is 0 Å². The predicted molar refractivity (Wildman–Crippen MR) is 107 cm³/mol. The molecular formula is C16H35IN4O2. The van der Waals surface area contributed by atoms with E-state index in [2.05, 4.69) is 24.2 Å². The fourth-order valence-electron chi connectivity index (χ4n) is 1.71. The van der Waals surface area contributed by atoms with Crippen LogP contribution in [0.15, 0.2) is 4.99 Å². The molecule has 0 radical (unpaired) electrons. The standard InChI is InChI=1S/C16H34N4O2.HI/c1-7-11-20(15(21)22-16(4,5)6)12-10-19-14(17)18-9-8-13(2)3;/h13H,7-12H2,1-6H3,(H3,17,18,19);1H. The number of hydrogen-bond acceptors (Lipinski definition) is 3. The molecule has 0 fully saturated rings. The van der Waals surface area contributed by atoms with E-state index in [1.165, 1.54) is 0 Å². The smallest absolute Gasteiger partial charge is 0.410 e. The summed E-state index contributed by atoms with van der Waals surface area (Å²) in [6.45, 7) is 14.4. The maximum Gasteiger partial charge on any atom is 0.410 e. The maximum atomic E-state index is 12.1. The van der Waals surface area contributed by atoms with E-state index in [9.17, 15) is 4.79 Å². The zero-order valence-corrected chi connectivity index (χ0v) is 17.8. The lowest BCUT2D eigenvalue weighted by Gasteiger charge is -2.27. The average molecular weight is 442 g/mol. The molecule has 0 aliphatic heterocycles. The van der Waals surface area contributed by atoms with Gasteiger partial charge in [0.2, 0.25) is 0 Å². The monoisotopic (exact) mass is 442 g/mol. The van der Waals surface area contributed by atoms with Crippen LogP contribution in [-0.4, -0.2) is 48.7 Å². The second-order valence-corrected chi connectivity index (χ2v) is 6.84. The quantitative estimate of drug-likeness (QED) is 0.344. The molecule has 0 aromatic carbocycles. The third-order valence-corrected chi connectivity index (χ3v) is 2.82. The Hall–Kier alpha value is -0.730. The SMILES string of the molecule is CCCN(CCNC(N)=NCCC(C)C)C(=O)OC(C)(C)C.I. The fourth-order valence-corrected chi connectivity index (χ4v) is 1.71. The van der Waals surface area contributed by atoms with Crippen molar-refractivity contribution in [3.8, 4) is 0 Å². The highest BCUT2D eigenvalue weighted by atomic mass is 127. The fraction of sp³-hybridized carbons (Fsp3) is 0.875. The third kappa shape index (κ3) is 14.6. The number of nitrogens with one attached hydrogen (secondary N) is 1. The van der Waals surface area contributed by atoms with Gasteiger partial charge in [-0.05, 0) is 39.5 Å². The number of carbonyl (C=O) groups is 1. The summed E-state index contributed by atoms with van der Waals surface area (Å²) >= 11 is 0. The van der Waals surface area contributed by atoms with Crippen molar-refractivity contribution >= 4 is 36.0 Å². The molecule has 3 N–H and O–H groups in total. The number of aliphatic imine (C=N–C) groups is 1. The van der Waals surface area contributed by atoms with Crippen LogP contribution in [-0.2, 0) is 4.74 Å². The molecule has 0 spiro atoms. The number of carbonyl (C=O) groups excluding carboxylic acids is 1. The molecule has 0 aliphatic rings. The molecule has 0 unspecified atom stereocenters. The van der Waals surface area contributed by atoms with Crippen molar-refractivity contribution in [2.45, 2.75) is 60.0 Å². The lowest BCUT2D eigenvalue weighted by molar-refractivity contribution is 0.0253. The first kappa shape index (κ1) is 24.5. The van der Waals surface area contributed by atoms with Crippen LogP contribution in [0.4, 0.5) is 4.79 Å². The Labute approximate surface area is 158 Å². The van der Waals surface area contributed by atoms with Gasteiger partial charge in [-0.1, -0.05) is 20.8 Å². The molecule has 0 aromatic rings. The number of rotatable bonds is 8. The molecule has 0 bridgehead atoms. The van der Waals surface area contributed by atoms with Crippen molar-refractivity contribution in [1.29, 1.82) is 0 Å². The zero-order chi connectivity index (χ0) is 17.2. The van der Waals surface area contributed by atoms with Crippen LogP contribution < -0.4 is 11.1 Å². The minimum Gasteiger partial charge on any atom is -0.444 e. The Balaban J connectivity index is 0. The van der Waals surface area contributed by atoms with Gasteiger partial charge in [0.25, 0.3) is 0 Å². The highest BCUT2D eigenvalue weighted by molar-refractivity contribution is 14.0. The maximum absolute atomic E-state index is 12.1. The lowest BCUT2D eigenvalue weighted by atomic mass is 10.1. The molecule has 0 aromatic heterocycles. The van der Waals surface area contributed by atoms with Crippen molar-refractivity contribution in [2.24, 2.45) is 16.6 Å². The Morgan fingerprint density at radius 3 is 2.39 bits per heavy atom. The molecule has 138 valence electrons. The summed E-state index contributed by atoms with van der Waals surface area (Å²) in [6, 6.07) is 0. The second-order valence-electron chi connectivity index (χ2n) is 6.84. The number of nitrogens with two attached hydrogens (primary N) is 1. The van der Waals surface area contributed by atoms with Crippen LogP contribution in [0.2, 0.25) is 0 Å². The Bertz CT molecular complexity index is 354. The van der Waals surface area contributed by atoms with Gasteiger partial charge < -0.3 is 20.7 Å². The minimum atomic E-state index is -0.478. The number of halogens is 1. The van der Waals surface area contributed by atoms with E-state index in [0.717, 1.165) is 19.4 Å². The van der Waals surface area contributed by atoms with Crippen molar-refractivity contribution in [2.75, 3.05) is 26.2 Å². The van der Waals surface area contributed by atoms with Gasteiger partial charge in [-0.2, -0.15) is 0 Å². The normalized spacial score (nSPS) is 11.9. The van der Waals surface area contributed by atoms with Gasteiger partial charge in [0, 0.05) is 26.2 Å². The number of guanidine groups is 1. The molecule has 0 saturated heterocycles. The molecule has 0 aliphatic carbocycles. The average Bonchev–Trinajstić information content (AvgIpc) is 2.35. The molecule has 23 heavy (non-hydrogen) atoms. The van der Waals surface area contributed by atoms with Crippen LogP contribution >= 0.6 is 24.0 Å². The highest BCUT2D eigenvalue weighted by Gasteiger charge is 2.21. The molecular weight excluding hydrogens is 407 g/mol. The minimum absolute atomic E-state index is 0. The Morgan fingerprint density at radius 2 is 1.91 bits per heavy atom. The highest BCUT2D eigenvalue weighted by Crippen LogP contribution is 2.10. The summed E-state index contributed by atoms with van der Waals surface area (Å²) in [5.41, 5.74) is 5.32. The van der Waals surface area contributed by atoms with Crippen molar-refractivity contribution in [3.05, 3.63) is 0 Å². The topological polar surface area (TPSA) is 80.0 Å². The molecule has 0 atom stereocenters. The first-order valence-electron chi connectivity index (χ1n) is 8.17. The third-order valence-electron chi connectivity index (χ3n) is 2.82. The van der Waals surface area contributed by atoms with Gasteiger partial charge in [-0.3, -0.25) is 4.99 Å². The van der Waals surface area contributed by atoms with E-state index in [-0.39, 0.29) is 30.1 Å². The summed E-state index contributed by atoms with van der Waals surface area (Å²) in [6.07, 6.45) is 1.62. The number of nitrogens with zero attached hydrogens (tertiary/aromatic N) is 2. The van der Waals surface area contributed by atoms with Crippen LogP contribution in [0.5, 0.6) is 0 Å². The van der Waals surface area contributed by atoms with E-state index in [4.69, 9.17) is 10.5 Å². The van der Waals surface area contributed by atoms with Crippen LogP contribution in [0.1, 0.15) is 54.4 Å². The van der Waals surface area contributed by atoms with Crippen molar-refractivity contribution in [1.82, 2.24) is 10.2 Å². The summed E-state index contributed by atoms with van der Waals surface area (Å²) in [4.78, 5) is 18.0. The van der Waals surface area contributed by atoms with E-state index >= 15 is 0 Å². The van der Waals surface area contributed by atoms with Crippen molar-refractivity contribution in [3.63, 3.8) is 0 Å².